The highest BCUT2D eigenvalue weighted by molar-refractivity contribution is 5.93. The Morgan fingerprint density at radius 3 is 2.38 bits per heavy atom. The summed E-state index contributed by atoms with van der Waals surface area (Å²) in [5.74, 6) is -0.748. The third-order valence-corrected chi connectivity index (χ3v) is 6.69. The molecule has 0 radical (unpaired) electrons. The Morgan fingerprint density at radius 2 is 1.70 bits per heavy atom. The quantitative estimate of drug-likeness (QED) is 0.357. The van der Waals surface area contributed by atoms with E-state index in [-0.39, 0.29) is 22.9 Å². The van der Waals surface area contributed by atoms with Crippen molar-refractivity contribution in [3.63, 3.8) is 0 Å². The smallest absolute Gasteiger partial charge is 0.335 e. The molecule has 0 aliphatic carbocycles. The molecular formula is C27H25F4N5O. The highest BCUT2D eigenvalue weighted by Gasteiger charge is 2.36. The van der Waals surface area contributed by atoms with Crippen molar-refractivity contribution in [3.8, 4) is 11.3 Å². The normalized spacial score (nSPS) is 14.9. The number of benzene rings is 2. The fraction of sp³-hybridized carbons (Fsp3) is 0.296. The van der Waals surface area contributed by atoms with Crippen LogP contribution in [0.3, 0.4) is 0 Å². The molecule has 0 spiro atoms. The van der Waals surface area contributed by atoms with Gasteiger partial charge in [-0.3, -0.25) is 9.69 Å². The van der Waals surface area contributed by atoms with Gasteiger partial charge in [-0.25, -0.2) is 13.9 Å². The zero-order chi connectivity index (χ0) is 26.3. The molecule has 2 aromatic heterocycles. The summed E-state index contributed by atoms with van der Waals surface area (Å²) in [4.78, 5) is 21.2. The molecule has 6 nitrogen and oxygen atoms in total. The lowest BCUT2D eigenvalue weighted by Gasteiger charge is -2.34. The van der Waals surface area contributed by atoms with E-state index in [4.69, 9.17) is 0 Å². The number of alkyl halides is 3. The van der Waals surface area contributed by atoms with Crippen LogP contribution < -0.4 is 0 Å². The fourth-order valence-electron chi connectivity index (χ4n) is 4.49. The second kappa shape index (κ2) is 9.59. The number of aromatic nitrogens is 3. The molecular weight excluding hydrogens is 486 g/mol. The van der Waals surface area contributed by atoms with E-state index in [0.29, 0.717) is 42.8 Å². The summed E-state index contributed by atoms with van der Waals surface area (Å²) < 4.78 is 56.0. The third-order valence-electron chi connectivity index (χ3n) is 6.69. The van der Waals surface area contributed by atoms with E-state index < -0.39 is 17.8 Å². The molecule has 0 saturated carbocycles. The Morgan fingerprint density at radius 1 is 0.946 bits per heavy atom. The van der Waals surface area contributed by atoms with Crippen LogP contribution in [0, 0.1) is 19.7 Å². The molecule has 1 aliphatic heterocycles. The van der Waals surface area contributed by atoms with Crippen LogP contribution in [0.4, 0.5) is 17.6 Å². The van der Waals surface area contributed by atoms with Crippen molar-refractivity contribution >= 4 is 11.6 Å². The zero-order valence-electron chi connectivity index (χ0n) is 20.4. The number of aryl methyl sites for hydroxylation is 2. The number of fused-ring (bicyclic) bond motifs is 1. The molecule has 1 saturated heterocycles. The van der Waals surface area contributed by atoms with Crippen LogP contribution in [-0.2, 0) is 12.7 Å². The van der Waals surface area contributed by atoms with Gasteiger partial charge in [0.15, 0.2) is 17.0 Å². The SMILES string of the molecule is Cc1ccc(-c2cc(C(F)(F)F)n3nc(C(=O)N4CCN(Cc5cccc(F)c5)CC4)cc3n2)cc1C. The maximum Gasteiger partial charge on any atom is 0.433 e. The Labute approximate surface area is 211 Å². The topological polar surface area (TPSA) is 53.7 Å². The molecule has 2 aromatic carbocycles. The predicted molar refractivity (Wildman–Crippen MR) is 130 cm³/mol. The summed E-state index contributed by atoms with van der Waals surface area (Å²) in [5.41, 5.74) is 2.38. The first kappa shape index (κ1) is 24.9. The van der Waals surface area contributed by atoms with Crippen molar-refractivity contribution in [1.82, 2.24) is 24.4 Å². The maximum absolute atomic E-state index is 14.0. The van der Waals surface area contributed by atoms with Crippen molar-refractivity contribution in [2.75, 3.05) is 26.2 Å². The number of nitrogens with zero attached hydrogens (tertiary/aromatic N) is 5. The van der Waals surface area contributed by atoms with Gasteiger partial charge in [0, 0.05) is 44.4 Å². The van der Waals surface area contributed by atoms with E-state index in [0.717, 1.165) is 22.8 Å². The highest BCUT2D eigenvalue weighted by Crippen LogP contribution is 2.33. The van der Waals surface area contributed by atoms with Gasteiger partial charge >= 0.3 is 6.18 Å². The number of piperazine rings is 1. The fourth-order valence-corrected chi connectivity index (χ4v) is 4.49. The molecule has 0 N–H and O–H groups in total. The lowest BCUT2D eigenvalue weighted by Crippen LogP contribution is -2.48. The van der Waals surface area contributed by atoms with Crippen LogP contribution >= 0.6 is 0 Å². The first-order valence-corrected chi connectivity index (χ1v) is 11.9. The van der Waals surface area contributed by atoms with Crippen LogP contribution in [-0.4, -0.2) is 56.5 Å². The van der Waals surface area contributed by atoms with E-state index in [9.17, 15) is 22.4 Å². The number of carbonyl (C=O) groups is 1. The number of carbonyl (C=O) groups excluding carboxylic acids is 1. The minimum Gasteiger partial charge on any atom is -0.335 e. The Kier molecular flexibility index (Phi) is 6.45. The van der Waals surface area contributed by atoms with Crippen molar-refractivity contribution < 1.29 is 22.4 Å². The first-order valence-electron chi connectivity index (χ1n) is 11.9. The monoisotopic (exact) mass is 511 g/mol. The molecule has 0 bridgehead atoms. The summed E-state index contributed by atoms with van der Waals surface area (Å²) in [6.07, 6.45) is -4.69. The molecule has 0 atom stereocenters. The molecule has 37 heavy (non-hydrogen) atoms. The summed E-state index contributed by atoms with van der Waals surface area (Å²) in [7, 11) is 0. The molecule has 1 fully saturated rings. The van der Waals surface area contributed by atoms with Gasteiger partial charge in [0.25, 0.3) is 5.91 Å². The average Bonchev–Trinajstić information content (AvgIpc) is 3.29. The van der Waals surface area contributed by atoms with Crippen molar-refractivity contribution in [3.05, 3.63) is 88.5 Å². The van der Waals surface area contributed by atoms with Crippen LogP contribution in [0.1, 0.15) is 32.9 Å². The molecule has 0 unspecified atom stereocenters. The van der Waals surface area contributed by atoms with E-state index in [1.807, 2.05) is 26.0 Å². The summed E-state index contributed by atoms with van der Waals surface area (Å²) >= 11 is 0. The van der Waals surface area contributed by atoms with Crippen molar-refractivity contribution in [2.45, 2.75) is 26.6 Å². The van der Waals surface area contributed by atoms with E-state index >= 15 is 0 Å². The Balaban J connectivity index is 1.38. The van der Waals surface area contributed by atoms with Gasteiger partial charge in [0.05, 0.1) is 5.69 Å². The van der Waals surface area contributed by atoms with Crippen LogP contribution in [0.2, 0.25) is 0 Å². The molecule has 192 valence electrons. The minimum atomic E-state index is -4.69. The number of rotatable bonds is 4. The Bertz CT molecular complexity index is 1470. The van der Waals surface area contributed by atoms with Crippen LogP contribution in [0.5, 0.6) is 0 Å². The zero-order valence-corrected chi connectivity index (χ0v) is 20.4. The summed E-state index contributed by atoms with van der Waals surface area (Å²) in [6.45, 7) is 6.24. The average molecular weight is 512 g/mol. The highest BCUT2D eigenvalue weighted by atomic mass is 19.4. The number of amides is 1. The summed E-state index contributed by atoms with van der Waals surface area (Å²) in [5, 5.41) is 4.00. The van der Waals surface area contributed by atoms with Gasteiger partial charge in [0.2, 0.25) is 0 Å². The number of halogens is 4. The number of hydrogen-bond acceptors (Lipinski definition) is 4. The predicted octanol–water partition coefficient (Wildman–Crippen LogP) is 5.13. The largest absolute Gasteiger partial charge is 0.433 e. The van der Waals surface area contributed by atoms with Gasteiger partial charge in [-0.15, -0.1) is 0 Å². The van der Waals surface area contributed by atoms with Crippen LogP contribution in [0.15, 0.2) is 54.6 Å². The minimum absolute atomic E-state index is 0.0452. The van der Waals surface area contributed by atoms with Gasteiger partial charge in [0.1, 0.15) is 5.82 Å². The number of hydrogen-bond donors (Lipinski definition) is 0. The Hall–Kier alpha value is -3.79. The van der Waals surface area contributed by atoms with E-state index in [2.05, 4.69) is 15.0 Å². The summed E-state index contributed by atoms with van der Waals surface area (Å²) in [6, 6.07) is 14.0. The first-order chi connectivity index (χ1) is 17.6. The van der Waals surface area contributed by atoms with Gasteiger partial charge in [-0.2, -0.15) is 18.3 Å². The molecule has 1 amide bonds. The van der Waals surface area contributed by atoms with Crippen molar-refractivity contribution in [1.29, 1.82) is 0 Å². The van der Waals surface area contributed by atoms with Gasteiger partial charge in [-0.1, -0.05) is 24.3 Å². The van der Waals surface area contributed by atoms with Gasteiger partial charge < -0.3 is 4.90 Å². The maximum atomic E-state index is 14.0. The third kappa shape index (κ3) is 5.20. The standard InChI is InChI=1S/C27H25F4N5O/c1-17-6-7-20(12-18(17)2)22-14-24(27(29,30)31)36-25(32-22)15-23(33-36)26(37)35-10-8-34(9-11-35)16-19-4-3-5-21(28)13-19/h3-7,12-15H,8-11,16H2,1-2H3. The molecule has 4 aromatic rings. The second-order valence-corrected chi connectivity index (χ2v) is 9.32. The molecule has 10 heteroatoms. The molecule has 5 rings (SSSR count). The van der Waals surface area contributed by atoms with E-state index in [1.54, 1.807) is 23.1 Å². The van der Waals surface area contributed by atoms with E-state index in [1.165, 1.54) is 18.2 Å². The molecule has 1 aliphatic rings. The molecule has 3 heterocycles. The van der Waals surface area contributed by atoms with Gasteiger partial charge in [-0.05, 0) is 54.8 Å². The lowest BCUT2D eigenvalue weighted by atomic mass is 10.0. The lowest BCUT2D eigenvalue weighted by molar-refractivity contribution is -0.142. The van der Waals surface area contributed by atoms with Crippen LogP contribution in [0.25, 0.3) is 16.9 Å². The second-order valence-electron chi connectivity index (χ2n) is 9.32. The van der Waals surface area contributed by atoms with Crippen molar-refractivity contribution in [2.24, 2.45) is 0 Å².